The van der Waals surface area contributed by atoms with Gasteiger partial charge in [-0.1, -0.05) is 11.2 Å². The van der Waals surface area contributed by atoms with Gasteiger partial charge in [0.25, 0.3) is 0 Å². The van der Waals surface area contributed by atoms with Gasteiger partial charge in [0.1, 0.15) is 5.76 Å². The summed E-state index contributed by atoms with van der Waals surface area (Å²) in [5.41, 5.74) is 1.18. The second-order valence-corrected chi connectivity index (χ2v) is 5.52. The number of benzene rings is 1. The molecule has 0 unspecified atom stereocenters. The van der Waals surface area contributed by atoms with Gasteiger partial charge in [-0.15, -0.1) is 0 Å². The van der Waals surface area contributed by atoms with Crippen molar-refractivity contribution in [2.45, 2.75) is 27.2 Å². The maximum Gasteiger partial charge on any atom is 0.227 e. The molecule has 2 rings (SSSR count). The highest BCUT2D eigenvalue weighted by Crippen LogP contribution is 2.20. The molecule has 0 aliphatic rings. The SMILES string of the molecule is CC(=O)Nc1cccc(N(CCC(=O)Nc2cc(C)on2)C(C)=O)c1. The summed E-state index contributed by atoms with van der Waals surface area (Å²) in [7, 11) is 0. The first-order chi connectivity index (χ1) is 11.8. The number of carbonyl (C=O) groups excluding carboxylic acids is 3. The van der Waals surface area contributed by atoms with E-state index in [2.05, 4.69) is 15.8 Å². The van der Waals surface area contributed by atoms with Gasteiger partial charge in [0.15, 0.2) is 5.82 Å². The summed E-state index contributed by atoms with van der Waals surface area (Å²) in [5.74, 6) is 0.247. The second-order valence-electron chi connectivity index (χ2n) is 5.52. The van der Waals surface area contributed by atoms with Gasteiger partial charge < -0.3 is 20.1 Å². The number of hydrogen-bond acceptors (Lipinski definition) is 5. The molecule has 1 aromatic carbocycles. The van der Waals surface area contributed by atoms with Crippen molar-refractivity contribution in [2.24, 2.45) is 0 Å². The van der Waals surface area contributed by atoms with Gasteiger partial charge in [-0.25, -0.2) is 0 Å². The molecule has 132 valence electrons. The minimum atomic E-state index is -0.280. The Labute approximate surface area is 145 Å². The van der Waals surface area contributed by atoms with Crippen LogP contribution in [0, 0.1) is 6.92 Å². The average Bonchev–Trinajstić information content (AvgIpc) is 2.92. The highest BCUT2D eigenvalue weighted by atomic mass is 16.5. The highest BCUT2D eigenvalue weighted by molar-refractivity contribution is 5.95. The lowest BCUT2D eigenvalue weighted by Gasteiger charge is -2.21. The van der Waals surface area contributed by atoms with Gasteiger partial charge in [0, 0.05) is 44.3 Å². The summed E-state index contributed by atoms with van der Waals surface area (Å²) in [6.07, 6.45) is 0.0931. The van der Waals surface area contributed by atoms with E-state index in [9.17, 15) is 14.4 Å². The summed E-state index contributed by atoms with van der Waals surface area (Å²) in [5, 5.41) is 8.96. The third-order valence-corrected chi connectivity index (χ3v) is 3.32. The van der Waals surface area contributed by atoms with E-state index in [-0.39, 0.29) is 30.7 Å². The Hall–Kier alpha value is -3.16. The fraction of sp³-hybridized carbons (Fsp3) is 0.294. The largest absolute Gasteiger partial charge is 0.360 e. The van der Waals surface area contributed by atoms with E-state index in [0.29, 0.717) is 23.0 Å². The first kappa shape index (κ1) is 18.2. The van der Waals surface area contributed by atoms with Crippen LogP contribution in [0.2, 0.25) is 0 Å². The van der Waals surface area contributed by atoms with Gasteiger partial charge >= 0.3 is 0 Å². The van der Waals surface area contributed by atoms with Crippen LogP contribution in [-0.2, 0) is 14.4 Å². The van der Waals surface area contributed by atoms with Crippen LogP contribution in [0.4, 0.5) is 17.2 Å². The Balaban J connectivity index is 2.02. The molecular weight excluding hydrogens is 324 g/mol. The van der Waals surface area contributed by atoms with E-state index in [1.165, 1.54) is 18.7 Å². The Morgan fingerprint density at radius 2 is 1.92 bits per heavy atom. The molecule has 0 saturated carbocycles. The van der Waals surface area contributed by atoms with E-state index >= 15 is 0 Å². The average molecular weight is 344 g/mol. The molecular formula is C17H20N4O4. The minimum Gasteiger partial charge on any atom is -0.360 e. The monoisotopic (exact) mass is 344 g/mol. The van der Waals surface area contributed by atoms with Crippen molar-refractivity contribution < 1.29 is 18.9 Å². The lowest BCUT2D eigenvalue weighted by Crippen LogP contribution is -2.32. The zero-order chi connectivity index (χ0) is 18.4. The third-order valence-electron chi connectivity index (χ3n) is 3.32. The first-order valence-electron chi connectivity index (χ1n) is 7.74. The van der Waals surface area contributed by atoms with Gasteiger partial charge in [-0.2, -0.15) is 0 Å². The zero-order valence-corrected chi connectivity index (χ0v) is 14.3. The Morgan fingerprint density at radius 1 is 1.16 bits per heavy atom. The molecule has 1 heterocycles. The molecule has 0 saturated heterocycles. The topological polar surface area (TPSA) is 105 Å². The second kappa shape index (κ2) is 8.09. The third kappa shape index (κ3) is 5.45. The Bertz CT molecular complexity index is 784. The van der Waals surface area contributed by atoms with E-state index in [0.717, 1.165) is 0 Å². The molecule has 0 spiro atoms. The van der Waals surface area contributed by atoms with Crippen molar-refractivity contribution in [2.75, 3.05) is 22.1 Å². The number of amides is 3. The van der Waals surface area contributed by atoms with Crippen molar-refractivity contribution in [1.82, 2.24) is 5.16 Å². The fourth-order valence-corrected chi connectivity index (χ4v) is 2.27. The van der Waals surface area contributed by atoms with Crippen LogP contribution in [0.3, 0.4) is 0 Å². The molecule has 0 atom stereocenters. The van der Waals surface area contributed by atoms with Crippen molar-refractivity contribution in [1.29, 1.82) is 0 Å². The number of rotatable bonds is 6. The van der Waals surface area contributed by atoms with Gasteiger partial charge in [0.2, 0.25) is 17.7 Å². The number of aromatic nitrogens is 1. The molecule has 0 fully saturated rings. The molecule has 2 N–H and O–H groups in total. The molecule has 8 nitrogen and oxygen atoms in total. The lowest BCUT2D eigenvalue weighted by molar-refractivity contribution is -0.117. The standard InChI is InChI=1S/C17H20N4O4/c1-11-9-16(20-25-11)19-17(24)7-8-21(13(3)23)15-6-4-5-14(10-15)18-12(2)22/h4-6,9-10H,7-8H2,1-3H3,(H,18,22)(H,19,20,24). The number of nitrogens with one attached hydrogen (secondary N) is 2. The Morgan fingerprint density at radius 3 is 2.52 bits per heavy atom. The van der Waals surface area contributed by atoms with Crippen LogP contribution in [0.15, 0.2) is 34.9 Å². The summed E-state index contributed by atoms with van der Waals surface area (Å²) in [6, 6.07) is 8.49. The van der Waals surface area contributed by atoms with Crippen molar-refractivity contribution >= 4 is 34.9 Å². The number of carbonyl (C=O) groups is 3. The van der Waals surface area contributed by atoms with Crippen molar-refractivity contribution in [3.8, 4) is 0 Å². The maximum atomic E-state index is 12.0. The Kier molecular flexibility index (Phi) is 5.89. The number of aryl methyl sites for hydroxylation is 1. The molecule has 3 amide bonds. The molecule has 0 bridgehead atoms. The minimum absolute atomic E-state index is 0.0931. The van der Waals surface area contributed by atoms with Crippen LogP contribution >= 0.6 is 0 Å². The van der Waals surface area contributed by atoms with E-state index < -0.39 is 0 Å². The molecule has 25 heavy (non-hydrogen) atoms. The van der Waals surface area contributed by atoms with E-state index in [1.54, 1.807) is 37.3 Å². The first-order valence-corrected chi connectivity index (χ1v) is 7.74. The van der Waals surface area contributed by atoms with Crippen molar-refractivity contribution in [3.05, 3.63) is 36.1 Å². The highest BCUT2D eigenvalue weighted by Gasteiger charge is 2.15. The van der Waals surface area contributed by atoms with Gasteiger partial charge in [0.05, 0.1) is 0 Å². The van der Waals surface area contributed by atoms with Gasteiger partial charge in [-0.3, -0.25) is 14.4 Å². The van der Waals surface area contributed by atoms with E-state index in [1.807, 2.05) is 0 Å². The maximum absolute atomic E-state index is 12.0. The predicted molar refractivity (Wildman–Crippen MR) is 93.3 cm³/mol. The fourth-order valence-electron chi connectivity index (χ4n) is 2.27. The number of hydrogen-bond donors (Lipinski definition) is 2. The van der Waals surface area contributed by atoms with Crippen LogP contribution < -0.4 is 15.5 Å². The van der Waals surface area contributed by atoms with Crippen LogP contribution in [0.25, 0.3) is 0 Å². The smallest absolute Gasteiger partial charge is 0.227 e. The summed E-state index contributed by atoms with van der Waals surface area (Å²) in [4.78, 5) is 36.6. The van der Waals surface area contributed by atoms with Crippen LogP contribution in [-0.4, -0.2) is 29.4 Å². The van der Waals surface area contributed by atoms with E-state index in [4.69, 9.17) is 4.52 Å². The number of anilines is 3. The van der Waals surface area contributed by atoms with Gasteiger partial charge in [-0.05, 0) is 25.1 Å². The quantitative estimate of drug-likeness (QED) is 0.837. The molecule has 1 aromatic heterocycles. The molecule has 0 aliphatic carbocycles. The predicted octanol–water partition coefficient (Wildman–Crippen LogP) is 2.32. The molecule has 2 aromatic rings. The summed E-state index contributed by atoms with van der Waals surface area (Å²) < 4.78 is 4.88. The molecule has 0 radical (unpaired) electrons. The number of nitrogens with zero attached hydrogens (tertiary/aromatic N) is 2. The van der Waals surface area contributed by atoms with Crippen LogP contribution in [0.1, 0.15) is 26.0 Å². The van der Waals surface area contributed by atoms with Crippen LogP contribution in [0.5, 0.6) is 0 Å². The zero-order valence-electron chi connectivity index (χ0n) is 14.3. The van der Waals surface area contributed by atoms with Crippen molar-refractivity contribution in [3.63, 3.8) is 0 Å². The normalized spacial score (nSPS) is 10.2. The lowest BCUT2D eigenvalue weighted by atomic mass is 10.2. The molecule has 8 heteroatoms. The summed E-state index contributed by atoms with van der Waals surface area (Å²) >= 11 is 0. The summed E-state index contributed by atoms with van der Waals surface area (Å²) in [6.45, 7) is 4.75. The molecule has 0 aliphatic heterocycles.